The summed E-state index contributed by atoms with van der Waals surface area (Å²) in [5.41, 5.74) is 0.524. The van der Waals surface area contributed by atoms with Crippen molar-refractivity contribution in [3.05, 3.63) is 11.8 Å². The first kappa shape index (κ1) is 6.20. The molecule has 0 unspecified atom stereocenters. The summed E-state index contributed by atoms with van der Waals surface area (Å²) in [7, 11) is 0. The van der Waals surface area contributed by atoms with Gasteiger partial charge in [-0.25, -0.2) is 0 Å². The van der Waals surface area contributed by atoms with E-state index in [0.717, 1.165) is 6.29 Å². The summed E-state index contributed by atoms with van der Waals surface area (Å²) < 4.78 is 0. The van der Waals surface area contributed by atoms with Gasteiger partial charge in [-0.2, -0.15) is 0 Å². The topological polar surface area (TPSA) is 29.4 Å². The molecule has 0 atom stereocenters. The molecule has 0 aliphatic carbocycles. The lowest BCUT2D eigenvalue weighted by Gasteiger charge is -2.05. The molecule has 9 heavy (non-hydrogen) atoms. The number of carbonyl (C=O) groups is 1. The van der Waals surface area contributed by atoms with Crippen molar-refractivity contribution in [2.24, 2.45) is 10.4 Å². The van der Waals surface area contributed by atoms with E-state index in [1.165, 1.54) is 0 Å². The highest BCUT2D eigenvalue weighted by Crippen LogP contribution is 2.21. The van der Waals surface area contributed by atoms with E-state index in [0.29, 0.717) is 5.70 Å². The summed E-state index contributed by atoms with van der Waals surface area (Å²) in [6.45, 7) is 4.01. The lowest BCUT2D eigenvalue weighted by molar-refractivity contribution is -0.104. The maximum Gasteiger partial charge on any atom is 0.168 e. The Labute approximate surface area is 54.3 Å². The summed E-state index contributed by atoms with van der Waals surface area (Å²) in [5.74, 6) is 0. The van der Waals surface area contributed by atoms with Crippen LogP contribution in [0.25, 0.3) is 0 Å². The Morgan fingerprint density at radius 1 is 1.67 bits per heavy atom. The van der Waals surface area contributed by atoms with Gasteiger partial charge >= 0.3 is 0 Å². The third-order valence-electron chi connectivity index (χ3n) is 1.19. The minimum atomic E-state index is -0.0176. The molecule has 1 aliphatic heterocycles. The quantitative estimate of drug-likeness (QED) is 0.481. The highest BCUT2D eigenvalue weighted by molar-refractivity contribution is 5.84. The first-order valence-corrected chi connectivity index (χ1v) is 2.87. The predicted octanol–water partition coefficient (Wildman–Crippen LogP) is 1.18. The Kier molecular flexibility index (Phi) is 1.24. The van der Waals surface area contributed by atoms with Gasteiger partial charge < -0.3 is 0 Å². The largest absolute Gasteiger partial charge is 0.296 e. The number of rotatable bonds is 1. The molecule has 0 aromatic rings. The second-order valence-electron chi connectivity index (χ2n) is 2.77. The van der Waals surface area contributed by atoms with E-state index in [-0.39, 0.29) is 5.41 Å². The van der Waals surface area contributed by atoms with E-state index < -0.39 is 0 Å². The Morgan fingerprint density at radius 3 is 2.56 bits per heavy atom. The van der Waals surface area contributed by atoms with Gasteiger partial charge in [0.1, 0.15) is 0 Å². The van der Waals surface area contributed by atoms with Crippen LogP contribution in [0.15, 0.2) is 16.8 Å². The molecule has 0 N–H and O–H groups in total. The maximum absolute atomic E-state index is 10.1. The zero-order valence-electron chi connectivity index (χ0n) is 5.59. The van der Waals surface area contributed by atoms with Crippen LogP contribution in [-0.4, -0.2) is 12.5 Å². The van der Waals surface area contributed by atoms with Crippen LogP contribution in [0.1, 0.15) is 13.8 Å². The fourth-order valence-electron chi connectivity index (χ4n) is 0.761. The molecular weight excluding hydrogens is 114 g/mol. The van der Waals surface area contributed by atoms with Crippen molar-refractivity contribution < 1.29 is 4.79 Å². The molecule has 48 valence electrons. The summed E-state index contributed by atoms with van der Waals surface area (Å²) in [6, 6.07) is 0. The SMILES string of the molecule is CC1(C)C=NC(C=O)=C1. The first-order chi connectivity index (χ1) is 4.14. The van der Waals surface area contributed by atoms with Crippen LogP contribution in [0.5, 0.6) is 0 Å². The molecule has 1 heterocycles. The molecule has 0 radical (unpaired) electrons. The van der Waals surface area contributed by atoms with Crippen LogP contribution in [0.4, 0.5) is 0 Å². The van der Waals surface area contributed by atoms with Crippen LogP contribution in [0.2, 0.25) is 0 Å². The van der Waals surface area contributed by atoms with Crippen molar-refractivity contribution in [1.82, 2.24) is 0 Å². The second-order valence-corrected chi connectivity index (χ2v) is 2.77. The van der Waals surface area contributed by atoms with Crippen molar-refractivity contribution in [3.63, 3.8) is 0 Å². The molecule has 0 saturated carbocycles. The number of hydrogen-bond donors (Lipinski definition) is 0. The fourth-order valence-corrected chi connectivity index (χ4v) is 0.761. The molecule has 0 fully saturated rings. The van der Waals surface area contributed by atoms with Crippen molar-refractivity contribution in [3.8, 4) is 0 Å². The Balaban J connectivity index is 2.86. The Morgan fingerprint density at radius 2 is 2.33 bits per heavy atom. The number of nitrogens with zero attached hydrogens (tertiary/aromatic N) is 1. The number of hydrogen-bond acceptors (Lipinski definition) is 2. The standard InChI is InChI=1S/C7H9NO/c1-7(2)3-6(4-9)8-5-7/h3-5H,1-2H3. The third kappa shape index (κ3) is 1.25. The molecule has 2 heteroatoms. The Hall–Kier alpha value is -0.920. The molecule has 0 aromatic carbocycles. The van der Waals surface area contributed by atoms with Gasteiger partial charge in [-0.1, -0.05) is 13.8 Å². The van der Waals surface area contributed by atoms with Gasteiger partial charge in [-0.15, -0.1) is 0 Å². The molecule has 0 spiro atoms. The first-order valence-electron chi connectivity index (χ1n) is 2.87. The van der Waals surface area contributed by atoms with Crippen LogP contribution < -0.4 is 0 Å². The van der Waals surface area contributed by atoms with Gasteiger partial charge in [0.2, 0.25) is 0 Å². The van der Waals surface area contributed by atoms with E-state index in [1.54, 1.807) is 6.21 Å². The summed E-state index contributed by atoms with van der Waals surface area (Å²) in [6.07, 6.45) is 4.39. The molecule has 0 amide bonds. The van der Waals surface area contributed by atoms with Gasteiger partial charge in [0.15, 0.2) is 6.29 Å². The number of carbonyl (C=O) groups excluding carboxylic acids is 1. The minimum absolute atomic E-state index is 0.0176. The van der Waals surface area contributed by atoms with E-state index in [9.17, 15) is 4.79 Å². The van der Waals surface area contributed by atoms with Gasteiger partial charge in [0, 0.05) is 11.6 Å². The van der Waals surface area contributed by atoms with Crippen molar-refractivity contribution in [2.75, 3.05) is 0 Å². The smallest absolute Gasteiger partial charge is 0.168 e. The maximum atomic E-state index is 10.1. The molecule has 0 aromatic heterocycles. The molecule has 2 nitrogen and oxygen atoms in total. The minimum Gasteiger partial charge on any atom is -0.296 e. The van der Waals surface area contributed by atoms with E-state index >= 15 is 0 Å². The van der Waals surface area contributed by atoms with Crippen LogP contribution >= 0.6 is 0 Å². The average Bonchev–Trinajstić information content (AvgIpc) is 2.10. The van der Waals surface area contributed by atoms with Crippen LogP contribution in [0.3, 0.4) is 0 Å². The fraction of sp³-hybridized carbons (Fsp3) is 0.429. The number of aldehydes is 1. The van der Waals surface area contributed by atoms with Crippen molar-refractivity contribution in [1.29, 1.82) is 0 Å². The van der Waals surface area contributed by atoms with Gasteiger partial charge in [-0.3, -0.25) is 9.79 Å². The van der Waals surface area contributed by atoms with Gasteiger partial charge in [0.05, 0.1) is 5.70 Å². The summed E-state index contributed by atoms with van der Waals surface area (Å²) in [5, 5.41) is 0. The highest BCUT2D eigenvalue weighted by atomic mass is 16.1. The monoisotopic (exact) mass is 123 g/mol. The Bertz CT molecular complexity index is 189. The lowest BCUT2D eigenvalue weighted by Crippen LogP contribution is -2.04. The molecule has 0 saturated heterocycles. The summed E-state index contributed by atoms with van der Waals surface area (Å²) >= 11 is 0. The molecule has 0 bridgehead atoms. The average molecular weight is 123 g/mol. The van der Waals surface area contributed by atoms with Crippen LogP contribution in [-0.2, 0) is 4.79 Å². The number of aliphatic imine (C=N–C) groups is 1. The van der Waals surface area contributed by atoms with E-state index in [4.69, 9.17) is 0 Å². The molecular formula is C7H9NO. The predicted molar refractivity (Wildman–Crippen MR) is 36.4 cm³/mol. The summed E-state index contributed by atoms with van der Waals surface area (Å²) in [4.78, 5) is 14.0. The molecule has 1 rings (SSSR count). The zero-order valence-corrected chi connectivity index (χ0v) is 5.59. The van der Waals surface area contributed by atoms with E-state index in [1.807, 2.05) is 19.9 Å². The lowest BCUT2D eigenvalue weighted by atomic mass is 9.96. The second kappa shape index (κ2) is 1.79. The van der Waals surface area contributed by atoms with Crippen molar-refractivity contribution in [2.45, 2.75) is 13.8 Å². The highest BCUT2D eigenvalue weighted by Gasteiger charge is 2.17. The van der Waals surface area contributed by atoms with Gasteiger partial charge in [-0.05, 0) is 6.08 Å². The van der Waals surface area contributed by atoms with Gasteiger partial charge in [0.25, 0.3) is 0 Å². The third-order valence-corrected chi connectivity index (χ3v) is 1.19. The van der Waals surface area contributed by atoms with E-state index in [2.05, 4.69) is 4.99 Å². The normalized spacial score (nSPS) is 21.8. The zero-order chi connectivity index (χ0) is 6.91. The van der Waals surface area contributed by atoms with Crippen LogP contribution in [0, 0.1) is 5.41 Å². The van der Waals surface area contributed by atoms with Crippen molar-refractivity contribution >= 4 is 12.5 Å². The molecule has 1 aliphatic rings. The number of allylic oxidation sites excluding steroid dienone is 2.